The Morgan fingerprint density at radius 2 is 2.18 bits per heavy atom. The van der Waals surface area contributed by atoms with Gasteiger partial charge in [0.15, 0.2) is 0 Å². The number of nitrogens with zero attached hydrogens (tertiary/aromatic N) is 1. The van der Waals surface area contributed by atoms with Crippen molar-refractivity contribution in [1.82, 2.24) is 15.2 Å². The van der Waals surface area contributed by atoms with Crippen molar-refractivity contribution in [3.05, 3.63) is 35.0 Å². The quantitative estimate of drug-likeness (QED) is 0.831. The molecule has 1 fully saturated rings. The second-order valence-electron chi connectivity index (χ2n) is 5.45. The molecule has 0 atom stereocenters. The van der Waals surface area contributed by atoms with Gasteiger partial charge in [0.1, 0.15) is 5.69 Å². The minimum atomic E-state index is -0.0887. The first kappa shape index (κ1) is 15.3. The van der Waals surface area contributed by atoms with E-state index >= 15 is 0 Å². The van der Waals surface area contributed by atoms with Gasteiger partial charge in [-0.15, -0.1) is 0 Å². The van der Waals surface area contributed by atoms with Crippen molar-refractivity contribution in [3.63, 3.8) is 0 Å². The summed E-state index contributed by atoms with van der Waals surface area (Å²) in [5, 5.41) is 4.53. The molecule has 1 aliphatic rings. The summed E-state index contributed by atoms with van der Waals surface area (Å²) < 4.78 is 5.31. The third kappa shape index (κ3) is 3.61. The van der Waals surface area contributed by atoms with Crippen LogP contribution in [0.2, 0.25) is 5.02 Å². The minimum Gasteiger partial charge on any atom is -0.379 e. The lowest BCUT2D eigenvalue weighted by Gasteiger charge is -2.26. The number of aromatic nitrogens is 1. The highest BCUT2D eigenvalue weighted by Gasteiger charge is 2.12. The standard InChI is InChI=1S/C16H20ClN3O2/c17-13-4-1-3-12-11-14(19-15(12)13)16(21)18-5-2-6-20-7-9-22-10-8-20/h1,3-4,11,19H,2,5-10H2,(H,18,21). The number of fused-ring (bicyclic) bond motifs is 1. The summed E-state index contributed by atoms with van der Waals surface area (Å²) in [6.07, 6.45) is 0.937. The molecule has 1 aromatic heterocycles. The average Bonchev–Trinajstić information content (AvgIpc) is 2.98. The van der Waals surface area contributed by atoms with Crippen LogP contribution in [0, 0.1) is 0 Å². The van der Waals surface area contributed by atoms with Gasteiger partial charge in [-0.2, -0.15) is 0 Å². The Bertz CT molecular complexity index is 650. The number of amides is 1. The Labute approximate surface area is 134 Å². The number of H-pyrrole nitrogens is 1. The molecular weight excluding hydrogens is 302 g/mol. The van der Waals surface area contributed by atoms with Crippen molar-refractivity contribution in [2.24, 2.45) is 0 Å². The topological polar surface area (TPSA) is 57.4 Å². The number of ether oxygens (including phenoxy) is 1. The summed E-state index contributed by atoms with van der Waals surface area (Å²) in [4.78, 5) is 17.6. The Morgan fingerprint density at radius 1 is 1.36 bits per heavy atom. The highest BCUT2D eigenvalue weighted by molar-refractivity contribution is 6.35. The van der Waals surface area contributed by atoms with E-state index in [4.69, 9.17) is 16.3 Å². The average molecular weight is 322 g/mol. The van der Waals surface area contributed by atoms with Crippen LogP contribution in [0.25, 0.3) is 10.9 Å². The lowest BCUT2D eigenvalue weighted by atomic mass is 10.2. The number of nitrogens with one attached hydrogen (secondary N) is 2. The molecule has 118 valence electrons. The molecule has 1 amide bonds. The van der Waals surface area contributed by atoms with Gasteiger partial charge < -0.3 is 15.0 Å². The SMILES string of the molecule is O=C(NCCCN1CCOCC1)c1cc2cccc(Cl)c2[nH]1. The van der Waals surface area contributed by atoms with E-state index in [1.807, 2.05) is 24.3 Å². The van der Waals surface area contributed by atoms with E-state index in [9.17, 15) is 4.79 Å². The summed E-state index contributed by atoms with van der Waals surface area (Å²) >= 11 is 6.11. The predicted molar refractivity (Wildman–Crippen MR) is 87.5 cm³/mol. The van der Waals surface area contributed by atoms with Crippen LogP contribution in [-0.4, -0.2) is 55.2 Å². The summed E-state index contributed by atoms with van der Waals surface area (Å²) in [7, 11) is 0. The number of hydrogen-bond acceptors (Lipinski definition) is 3. The van der Waals surface area contributed by atoms with Gasteiger partial charge in [-0.3, -0.25) is 9.69 Å². The van der Waals surface area contributed by atoms with Crippen LogP contribution in [0.4, 0.5) is 0 Å². The molecule has 0 radical (unpaired) electrons. The van der Waals surface area contributed by atoms with Crippen molar-refractivity contribution in [2.45, 2.75) is 6.42 Å². The van der Waals surface area contributed by atoms with Gasteiger partial charge >= 0.3 is 0 Å². The molecule has 2 heterocycles. The van der Waals surface area contributed by atoms with Crippen molar-refractivity contribution < 1.29 is 9.53 Å². The van der Waals surface area contributed by atoms with Gasteiger partial charge in [-0.1, -0.05) is 23.7 Å². The largest absolute Gasteiger partial charge is 0.379 e. The van der Waals surface area contributed by atoms with Gasteiger partial charge in [0.05, 0.1) is 23.8 Å². The number of para-hydroxylation sites is 1. The second-order valence-corrected chi connectivity index (χ2v) is 5.86. The molecule has 5 nitrogen and oxygen atoms in total. The molecule has 0 aliphatic carbocycles. The lowest BCUT2D eigenvalue weighted by Crippen LogP contribution is -2.38. The van der Waals surface area contributed by atoms with E-state index in [2.05, 4.69) is 15.2 Å². The fourth-order valence-electron chi connectivity index (χ4n) is 2.67. The number of hydrogen-bond donors (Lipinski definition) is 2. The third-order valence-electron chi connectivity index (χ3n) is 3.89. The fraction of sp³-hybridized carbons (Fsp3) is 0.438. The number of aromatic amines is 1. The summed E-state index contributed by atoms with van der Waals surface area (Å²) in [5.74, 6) is -0.0887. The Hall–Kier alpha value is -1.56. The zero-order chi connectivity index (χ0) is 15.4. The first-order chi connectivity index (χ1) is 10.7. The smallest absolute Gasteiger partial charge is 0.267 e. The molecule has 0 spiro atoms. The summed E-state index contributed by atoms with van der Waals surface area (Å²) in [6, 6.07) is 7.46. The van der Waals surface area contributed by atoms with E-state index in [1.54, 1.807) is 0 Å². The van der Waals surface area contributed by atoms with Gasteiger partial charge in [0.2, 0.25) is 0 Å². The van der Waals surface area contributed by atoms with Crippen molar-refractivity contribution in [1.29, 1.82) is 0 Å². The van der Waals surface area contributed by atoms with Crippen LogP contribution in [0.5, 0.6) is 0 Å². The van der Waals surface area contributed by atoms with Crippen LogP contribution in [0.1, 0.15) is 16.9 Å². The van der Waals surface area contributed by atoms with Crippen LogP contribution in [0.3, 0.4) is 0 Å². The molecule has 2 N–H and O–H groups in total. The zero-order valence-electron chi connectivity index (χ0n) is 12.4. The lowest BCUT2D eigenvalue weighted by molar-refractivity contribution is 0.0374. The molecule has 6 heteroatoms. The van der Waals surface area contributed by atoms with Crippen molar-refractivity contribution in [3.8, 4) is 0 Å². The summed E-state index contributed by atoms with van der Waals surface area (Å²) in [6.45, 7) is 5.23. The normalized spacial score (nSPS) is 16.0. The van der Waals surface area contributed by atoms with Gasteiger partial charge in [-0.05, 0) is 25.1 Å². The van der Waals surface area contributed by atoms with E-state index in [-0.39, 0.29) is 5.91 Å². The fourth-order valence-corrected chi connectivity index (χ4v) is 2.90. The Morgan fingerprint density at radius 3 is 2.95 bits per heavy atom. The molecular formula is C16H20ClN3O2. The monoisotopic (exact) mass is 321 g/mol. The van der Waals surface area contributed by atoms with E-state index < -0.39 is 0 Å². The first-order valence-electron chi connectivity index (χ1n) is 7.59. The maximum Gasteiger partial charge on any atom is 0.267 e. The number of halogens is 1. The van der Waals surface area contributed by atoms with Gasteiger partial charge in [-0.25, -0.2) is 0 Å². The van der Waals surface area contributed by atoms with Crippen molar-refractivity contribution in [2.75, 3.05) is 39.4 Å². The third-order valence-corrected chi connectivity index (χ3v) is 4.21. The van der Waals surface area contributed by atoms with E-state index in [0.717, 1.165) is 50.2 Å². The van der Waals surface area contributed by atoms with Crippen LogP contribution in [-0.2, 0) is 4.74 Å². The number of rotatable bonds is 5. The molecule has 1 saturated heterocycles. The molecule has 1 aliphatic heterocycles. The van der Waals surface area contributed by atoms with Gasteiger partial charge in [0, 0.05) is 25.0 Å². The van der Waals surface area contributed by atoms with E-state index in [0.29, 0.717) is 17.3 Å². The number of carbonyl (C=O) groups is 1. The molecule has 1 aromatic carbocycles. The zero-order valence-corrected chi connectivity index (χ0v) is 13.2. The molecule has 0 unspecified atom stereocenters. The van der Waals surface area contributed by atoms with Crippen LogP contribution < -0.4 is 5.32 Å². The predicted octanol–water partition coefficient (Wildman–Crippen LogP) is 2.27. The van der Waals surface area contributed by atoms with E-state index in [1.165, 1.54) is 0 Å². The molecule has 22 heavy (non-hydrogen) atoms. The highest BCUT2D eigenvalue weighted by atomic mass is 35.5. The highest BCUT2D eigenvalue weighted by Crippen LogP contribution is 2.23. The molecule has 0 saturated carbocycles. The van der Waals surface area contributed by atoms with Crippen LogP contribution >= 0.6 is 11.6 Å². The van der Waals surface area contributed by atoms with Crippen molar-refractivity contribution >= 4 is 28.4 Å². The maximum absolute atomic E-state index is 12.2. The first-order valence-corrected chi connectivity index (χ1v) is 7.97. The Kier molecular flexibility index (Phi) is 4.97. The Balaban J connectivity index is 1.49. The second kappa shape index (κ2) is 7.13. The number of benzene rings is 1. The molecule has 0 bridgehead atoms. The number of morpholine rings is 1. The molecule has 2 aromatic rings. The molecule has 3 rings (SSSR count). The van der Waals surface area contributed by atoms with Gasteiger partial charge in [0.25, 0.3) is 5.91 Å². The minimum absolute atomic E-state index is 0.0887. The number of carbonyl (C=O) groups excluding carboxylic acids is 1. The maximum atomic E-state index is 12.2. The van der Waals surface area contributed by atoms with Crippen LogP contribution in [0.15, 0.2) is 24.3 Å². The summed E-state index contributed by atoms with van der Waals surface area (Å²) in [5.41, 5.74) is 1.36.